The molecule has 1 saturated carbocycles. The molecule has 0 bridgehead atoms. The summed E-state index contributed by atoms with van der Waals surface area (Å²) in [7, 11) is 0. The number of phenolic OH excluding ortho intramolecular Hbond substituents is 1. The van der Waals surface area contributed by atoms with E-state index in [2.05, 4.69) is 15.9 Å². The van der Waals surface area contributed by atoms with Gasteiger partial charge in [-0.25, -0.2) is 0 Å². The fourth-order valence-electron chi connectivity index (χ4n) is 8.47. The number of halogens is 1. The van der Waals surface area contributed by atoms with E-state index in [0.717, 1.165) is 10.5 Å². The molecule has 2 fully saturated rings. The minimum atomic E-state index is -1.45. The Morgan fingerprint density at radius 2 is 1.61 bits per heavy atom. The highest BCUT2D eigenvalue weighted by atomic mass is 79.9. The smallest absolute Gasteiger partial charge is 0.305 e. The van der Waals surface area contributed by atoms with Crippen LogP contribution in [0.2, 0.25) is 0 Å². The summed E-state index contributed by atoms with van der Waals surface area (Å²) in [5.74, 6) is -6.43. The molecule has 4 aliphatic rings. The third kappa shape index (κ3) is 4.43. The molecule has 8 nitrogen and oxygen atoms in total. The molecule has 3 aromatic rings. The molecule has 3 aliphatic carbocycles. The highest BCUT2D eigenvalue weighted by Gasteiger charge is 2.66. The Morgan fingerprint density at radius 1 is 0.913 bits per heavy atom. The minimum Gasteiger partial charge on any atom is -0.508 e. The number of allylic oxidation sites excluding steroid dienone is 4. The number of Topliss-reactive ketones (excluding diaryl/α,β-unsaturated/α-hetero) is 1. The van der Waals surface area contributed by atoms with E-state index in [9.17, 15) is 34.2 Å². The number of hydrogen-bond donors (Lipinski definition) is 2. The summed E-state index contributed by atoms with van der Waals surface area (Å²) < 4.78 is 0.665. The van der Waals surface area contributed by atoms with E-state index in [1.807, 2.05) is 42.5 Å². The molecule has 1 saturated heterocycles. The van der Waals surface area contributed by atoms with Gasteiger partial charge in [0.1, 0.15) is 5.75 Å². The molecule has 2 N–H and O–H groups in total. The van der Waals surface area contributed by atoms with E-state index in [0.29, 0.717) is 21.2 Å². The molecule has 46 heavy (non-hydrogen) atoms. The zero-order chi connectivity index (χ0) is 32.3. The van der Waals surface area contributed by atoms with E-state index < -0.39 is 52.8 Å². The first kappa shape index (κ1) is 30.0. The molecule has 0 spiro atoms. The molecule has 6 unspecified atom stereocenters. The highest BCUT2D eigenvalue weighted by Crippen LogP contribution is 2.64. The van der Waals surface area contributed by atoms with Crippen molar-refractivity contribution in [1.29, 1.82) is 0 Å². The number of carboxylic acids is 1. The van der Waals surface area contributed by atoms with E-state index >= 15 is 0 Å². The number of aliphatic carboxylic acids is 1. The Labute approximate surface area is 273 Å². The molecule has 9 heteroatoms. The van der Waals surface area contributed by atoms with Crippen LogP contribution in [0.15, 0.2) is 101 Å². The number of rotatable bonds is 6. The lowest BCUT2D eigenvalue weighted by molar-refractivity contribution is -0.142. The number of hydrogen-bond acceptors (Lipinski definition) is 6. The van der Waals surface area contributed by atoms with Crippen LogP contribution in [0.1, 0.15) is 41.9 Å². The average molecular weight is 681 g/mol. The van der Waals surface area contributed by atoms with Gasteiger partial charge in [0.2, 0.25) is 11.8 Å². The molecule has 1 aliphatic heterocycles. The largest absolute Gasteiger partial charge is 0.508 e. The molecule has 0 aromatic heterocycles. The van der Waals surface area contributed by atoms with Crippen LogP contribution in [0.25, 0.3) is 5.57 Å². The van der Waals surface area contributed by atoms with Crippen molar-refractivity contribution in [3.05, 3.63) is 118 Å². The monoisotopic (exact) mass is 679 g/mol. The van der Waals surface area contributed by atoms with Crippen molar-refractivity contribution in [2.45, 2.75) is 30.6 Å². The Kier molecular flexibility index (Phi) is 7.39. The maximum absolute atomic E-state index is 14.9. The lowest BCUT2D eigenvalue weighted by Gasteiger charge is -2.55. The zero-order valence-corrected chi connectivity index (χ0v) is 26.2. The molecular weight excluding hydrogens is 650 g/mol. The summed E-state index contributed by atoms with van der Waals surface area (Å²) in [6, 6.07) is 23.2. The third-order valence-electron chi connectivity index (χ3n) is 10.3. The van der Waals surface area contributed by atoms with Crippen LogP contribution >= 0.6 is 15.9 Å². The van der Waals surface area contributed by atoms with Crippen LogP contribution in [0, 0.1) is 23.7 Å². The van der Waals surface area contributed by atoms with Gasteiger partial charge in [-0.2, -0.15) is 0 Å². The Balaban J connectivity index is 1.48. The molecule has 0 radical (unpaired) electrons. The normalized spacial score (nSPS) is 28.6. The second kappa shape index (κ2) is 11.3. The van der Waals surface area contributed by atoms with Gasteiger partial charge in [0, 0.05) is 34.0 Å². The van der Waals surface area contributed by atoms with Crippen molar-refractivity contribution < 1.29 is 34.2 Å². The summed E-state index contributed by atoms with van der Waals surface area (Å²) in [6.45, 7) is -0.229. The first-order chi connectivity index (χ1) is 22.1. The Bertz CT molecular complexity index is 1870. The SMILES string of the molecule is O=C(O)CCN1C(=O)C2CC=C3C(CC4C(=O)C(c5ccccc5)=CC(=O)C4(c4ccccc4)C3c3cc(Br)ccc3O)C2C1=O. The number of phenols is 1. The number of aromatic hydroxyl groups is 1. The van der Waals surface area contributed by atoms with Gasteiger partial charge in [0.05, 0.1) is 23.7 Å². The summed E-state index contributed by atoms with van der Waals surface area (Å²) in [5.41, 5.74) is 1.25. The zero-order valence-electron chi connectivity index (χ0n) is 24.6. The number of imide groups is 1. The van der Waals surface area contributed by atoms with Crippen LogP contribution < -0.4 is 0 Å². The average Bonchev–Trinajstić information content (AvgIpc) is 3.31. The first-order valence-electron chi connectivity index (χ1n) is 15.3. The maximum atomic E-state index is 14.9. The van der Waals surface area contributed by atoms with Gasteiger partial charge >= 0.3 is 5.97 Å². The van der Waals surface area contributed by atoms with Crippen LogP contribution in [0.3, 0.4) is 0 Å². The van der Waals surface area contributed by atoms with Crippen molar-refractivity contribution in [1.82, 2.24) is 4.90 Å². The van der Waals surface area contributed by atoms with Crippen molar-refractivity contribution in [3.63, 3.8) is 0 Å². The van der Waals surface area contributed by atoms with Crippen LogP contribution in [0.4, 0.5) is 0 Å². The molecule has 6 atom stereocenters. The Morgan fingerprint density at radius 3 is 2.30 bits per heavy atom. The second-order valence-corrected chi connectivity index (χ2v) is 13.4. The van der Waals surface area contributed by atoms with Gasteiger partial charge in [-0.3, -0.25) is 28.9 Å². The lowest BCUT2D eigenvalue weighted by Crippen LogP contribution is -2.58. The van der Waals surface area contributed by atoms with Crippen molar-refractivity contribution in [2.24, 2.45) is 23.7 Å². The maximum Gasteiger partial charge on any atom is 0.305 e. The summed E-state index contributed by atoms with van der Waals surface area (Å²) in [4.78, 5) is 69.7. The van der Waals surface area contributed by atoms with Gasteiger partial charge in [-0.05, 0) is 54.2 Å². The number of amides is 2. The standard InChI is InChI=1S/C37H30BrNO7/c38-22-11-14-29(40)27(17-22)33-23-12-13-24-32(36(46)39(35(24)45)16-15-31(42)43)26(23)18-28-34(44)25(20-7-3-1-4-8-20)19-30(41)37(28,33)21-9-5-2-6-10-21/h1-12,14,17,19,24,26,28,32-33,40H,13,15-16,18H2,(H,42,43). The van der Waals surface area contributed by atoms with Crippen molar-refractivity contribution in [3.8, 4) is 5.75 Å². The van der Waals surface area contributed by atoms with Crippen molar-refractivity contribution >= 4 is 50.9 Å². The van der Waals surface area contributed by atoms with Crippen molar-refractivity contribution in [2.75, 3.05) is 6.54 Å². The molecule has 1 heterocycles. The van der Waals surface area contributed by atoms with Gasteiger partial charge < -0.3 is 10.2 Å². The Hall–Kier alpha value is -4.63. The number of nitrogens with zero attached hydrogens (tertiary/aromatic N) is 1. The number of carboxylic acid groups (broad SMARTS) is 1. The predicted octanol–water partition coefficient (Wildman–Crippen LogP) is 5.45. The molecule has 7 rings (SSSR count). The number of fused-ring (bicyclic) bond motifs is 4. The predicted molar refractivity (Wildman–Crippen MR) is 171 cm³/mol. The van der Waals surface area contributed by atoms with Crippen LogP contribution in [-0.2, 0) is 29.4 Å². The molecule has 2 amide bonds. The summed E-state index contributed by atoms with van der Waals surface area (Å²) >= 11 is 3.53. The third-order valence-corrected chi connectivity index (χ3v) is 10.8. The fourth-order valence-corrected chi connectivity index (χ4v) is 8.85. The second-order valence-electron chi connectivity index (χ2n) is 12.5. The first-order valence-corrected chi connectivity index (χ1v) is 16.1. The lowest BCUT2D eigenvalue weighted by atomic mass is 9.44. The number of carbonyl (C=O) groups is 5. The summed E-state index contributed by atoms with van der Waals surface area (Å²) in [5, 5.41) is 20.7. The van der Waals surface area contributed by atoms with Gasteiger partial charge in [0.15, 0.2) is 11.6 Å². The molecular formula is C37H30BrNO7. The van der Waals surface area contributed by atoms with Gasteiger partial charge in [-0.1, -0.05) is 88.2 Å². The minimum absolute atomic E-state index is 0.0547. The van der Waals surface area contributed by atoms with Gasteiger partial charge in [0.25, 0.3) is 0 Å². The molecule has 3 aromatic carbocycles. The number of ketones is 2. The number of likely N-dealkylation sites (tertiary alicyclic amines) is 1. The molecule has 232 valence electrons. The number of carbonyl (C=O) groups excluding carboxylic acids is 4. The van der Waals surface area contributed by atoms with E-state index in [1.165, 1.54) is 6.08 Å². The van der Waals surface area contributed by atoms with E-state index in [4.69, 9.17) is 0 Å². The quantitative estimate of drug-likeness (QED) is 0.262. The summed E-state index contributed by atoms with van der Waals surface area (Å²) in [6.07, 6.45) is 3.34. The fraction of sp³-hybridized carbons (Fsp3) is 0.270. The van der Waals surface area contributed by atoms with E-state index in [1.54, 1.807) is 42.5 Å². The van der Waals surface area contributed by atoms with Gasteiger partial charge in [-0.15, -0.1) is 0 Å². The van der Waals surface area contributed by atoms with Crippen LogP contribution in [-0.4, -0.2) is 51.0 Å². The van der Waals surface area contributed by atoms with Crippen LogP contribution in [0.5, 0.6) is 5.75 Å². The highest BCUT2D eigenvalue weighted by molar-refractivity contribution is 9.10. The van der Waals surface area contributed by atoms with E-state index in [-0.39, 0.29) is 48.7 Å². The number of benzene rings is 3. The topological polar surface area (TPSA) is 129 Å².